The quantitative estimate of drug-likeness (QED) is 0.464. The van der Waals surface area contributed by atoms with Crippen molar-refractivity contribution in [2.24, 2.45) is 5.41 Å². The van der Waals surface area contributed by atoms with Crippen LogP contribution in [0.2, 0.25) is 0 Å². The summed E-state index contributed by atoms with van der Waals surface area (Å²) in [5.74, 6) is -1.25. The lowest BCUT2D eigenvalue weighted by Gasteiger charge is -2.42. The first-order valence-corrected chi connectivity index (χ1v) is 11.9. The number of amides is 2. The van der Waals surface area contributed by atoms with Crippen LogP contribution in [0.5, 0.6) is 0 Å². The maximum absolute atomic E-state index is 13.1. The van der Waals surface area contributed by atoms with Crippen molar-refractivity contribution < 1.29 is 24.2 Å². The van der Waals surface area contributed by atoms with E-state index in [1.165, 1.54) is 0 Å². The summed E-state index contributed by atoms with van der Waals surface area (Å²) in [6.45, 7) is 10.8. The van der Waals surface area contributed by atoms with Crippen LogP contribution in [0.4, 0.5) is 4.79 Å². The van der Waals surface area contributed by atoms with Crippen LogP contribution in [0, 0.1) is 5.41 Å². The molecule has 3 rings (SSSR count). The van der Waals surface area contributed by atoms with Crippen LogP contribution >= 0.6 is 0 Å². The zero-order valence-corrected chi connectivity index (χ0v) is 21.4. The fourth-order valence-corrected chi connectivity index (χ4v) is 4.28. The molecule has 0 heterocycles. The molecule has 1 aliphatic carbocycles. The van der Waals surface area contributed by atoms with Crippen molar-refractivity contribution in [1.29, 1.82) is 0 Å². The highest BCUT2D eigenvalue weighted by atomic mass is 16.5. The van der Waals surface area contributed by atoms with Gasteiger partial charge in [-0.1, -0.05) is 48.5 Å². The zero-order valence-electron chi connectivity index (χ0n) is 21.4. The molecule has 2 amide bonds. The molecule has 2 aromatic carbocycles. The van der Waals surface area contributed by atoms with E-state index in [0.29, 0.717) is 6.42 Å². The number of carboxylic acid groups (broad SMARTS) is 1. The molecule has 0 unspecified atom stereocenters. The van der Waals surface area contributed by atoms with E-state index in [0.717, 1.165) is 22.3 Å². The summed E-state index contributed by atoms with van der Waals surface area (Å²) >= 11 is 0. The lowest BCUT2D eigenvalue weighted by Crippen LogP contribution is -2.62. The Labute approximate surface area is 207 Å². The van der Waals surface area contributed by atoms with Gasteiger partial charge in [-0.3, -0.25) is 9.59 Å². The number of carbonyl (C=O) groups excluding carboxylic acids is 2. The van der Waals surface area contributed by atoms with Gasteiger partial charge in [0.2, 0.25) is 5.91 Å². The Balaban J connectivity index is 1.65. The molecule has 0 saturated heterocycles. The highest BCUT2D eigenvalue weighted by molar-refractivity contribution is 5.85. The van der Waals surface area contributed by atoms with E-state index < -0.39 is 28.6 Å². The molecule has 7 heteroatoms. The normalized spacial score (nSPS) is 13.5. The van der Waals surface area contributed by atoms with Crippen LogP contribution in [0.3, 0.4) is 0 Å². The second-order valence-electron chi connectivity index (χ2n) is 10.9. The van der Waals surface area contributed by atoms with E-state index in [1.807, 2.05) is 24.3 Å². The summed E-state index contributed by atoms with van der Waals surface area (Å²) in [5.41, 5.74) is 1.92. The number of benzene rings is 2. The van der Waals surface area contributed by atoms with E-state index in [2.05, 4.69) is 34.9 Å². The molecular formula is C28H36N2O5. The van der Waals surface area contributed by atoms with Crippen LogP contribution in [0.15, 0.2) is 48.5 Å². The Morgan fingerprint density at radius 3 is 1.89 bits per heavy atom. The molecule has 35 heavy (non-hydrogen) atoms. The molecule has 0 atom stereocenters. The van der Waals surface area contributed by atoms with Crippen molar-refractivity contribution in [1.82, 2.24) is 10.6 Å². The topological polar surface area (TPSA) is 105 Å². The molecule has 3 N–H and O–H groups in total. The fourth-order valence-electron chi connectivity index (χ4n) is 4.28. The predicted molar refractivity (Wildman–Crippen MR) is 135 cm³/mol. The van der Waals surface area contributed by atoms with Crippen molar-refractivity contribution in [2.75, 3.05) is 6.61 Å². The summed E-state index contributed by atoms with van der Waals surface area (Å²) in [5, 5.41) is 14.8. The Bertz CT molecular complexity index is 1070. The molecule has 0 fully saturated rings. The van der Waals surface area contributed by atoms with Gasteiger partial charge in [0.15, 0.2) is 0 Å². The highest BCUT2D eigenvalue weighted by Gasteiger charge is 2.46. The average molecular weight is 481 g/mol. The molecule has 0 radical (unpaired) electrons. The van der Waals surface area contributed by atoms with Crippen LogP contribution in [-0.4, -0.2) is 40.8 Å². The minimum absolute atomic E-state index is 0.0465. The highest BCUT2D eigenvalue weighted by Crippen LogP contribution is 2.44. The summed E-state index contributed by atoms with van der Waals surface area (Å²) in [7, 11) is 0. The van der Waals surface area contributed by atoms with E-state index in [4.69, 9.17) is 9.84 Å². The van der Waals surface area contributed by atoms with E-state index in [1.54, 1.807) is 41.5 Å². The standard InChI is InChI=1S/C28H36N2O5/c1-26(2,16-15-23(31)32)29-24(33)27(3,4)28(5,6)30-25(34)35-17-22-20-13-9-7-11-18(20)19-12-8-10-14-21(19)22/h7-14,22H,15-17H2,1-6H3,(H,29,33)(H,30,34)(H,31,32). The van der Waals surface area contributed by atoms with Gasteiger partial charge in [0.1, 0.15) is 6.61 Å². The maximum atomic E-state index is 13.1. The van der Waals surface area contributed by atoms with Gasteiger partial charge in [0.05, 0.1) is 11.0 Å². The van der Waals surface area contributed by atoms with E-state index in [9.17, 15) is 14.4 Å². The Morgan fingerprint density at radius 1 is 0.857 bits per heavy atom. The van der Waals surface area contributed by atoms with Crippen LogP contribution < -0.4 is 10.6 Å². The first-order chi connectivity index (χ1) is 16.2. The molecule has 0 bridgehead atoms. The number of hydrogen-bond donors (Lipinski definition) is 3. The lowest BCUT2D eigenvalue weighted by atomic mass is 9.73. The molecule has 0 saturated carbocycles. The van der Waals surface area contributed by atoms with Gasteiger partial charge in [0, 0.05) is 17.9 Å². The van der Waals surface area contributed by atoms with E-state index in [-0.39, 0.29) is 24.9 Å². The third-order valence-electron chi connectivity index (χ3n) is 7.30. The summed E-state index contributed by atoms with van der Waals surface area (Å²) in [4.78, 5) is 36.9. The number of ether oxygens (including phenoxy) is 1. The third-order valence-corrected chi connectivity index (χ3v) is 7.30. The van der Waals surface area contributed by atoms with Crippen molar-refractivity contribution in [3.8, 4) is 11.1 Å². The van der Waals surface area contributed by atoms with Gasteiger partial charge in [-0.25, -0.2) is 4.79 Å². The van der Waals surface area contributed by atoms with Crippen molar-refractivity contribution in [3.05, 3.63) is 59.7 Å². The minimum atomic E-state index is -1.00. The number of nitrogens with one attached hydrogen (secondary N) is 2. The summed E-state index contributed by atoms with van der Waals surface area (Å²) in [6, 6.07) is 16.3. The number of alkyl carbamates (subject to hydrolysis) is 1. The van der Waals surface area contributed by atoms with Crippen molar-refractivity contribution in [2.45, 2.75) is 71.4 Å². The monoisotopic (exact) mass is 480 g/mol. The number of aliphatic carboxylic acids is 1. The number of fused-ring (bicyclic) bond motifs is 3. The largest absolute Gasteiger partial charge is 0.481 e. The second kappa shape index (κ2) is 9.72. The molecule has 7 nitrogen and oxygen atoms in total. The van der Waals surface area contributed by atoms with Gasteiger partial charge in [0.25, 0.3) is 0 Å². The van der Waals surface area contributed by atoms with Gasteiger partial charge in [-0.2, -0.15) is 0 Å². The minimum Gasteiger partial charge on any atom is -0.481 e. The number of hydrogen-bond acceptors (Lipinski definition) is 4. The second-order valence-corrected chi connectivity index (χ2v) is 10.9. The molecule has 1 aliphatic rings. The molecule has 0 spiro atoms. The first kappa shape index (κ1) is 26.3. The zero-order chi connectivity index (χ0) is 26.0. The Morgan fingerprint density at radius 2 is 1.37 bits per heavy atom. The smallest absolute Gasteiger partial charge is 0.407 e. The lowest BCUT2D eigenvalue weighted by molar-refractivity contribution is -0.139. The first-order valence-electron chi connectivity index (χ1n) is 11.9. The third kappa shape index (κ3) is 5.66. The van der Waals surface area contributed by atoms with Crippen molar-refractivity contribution >= 4 is 18.0 Å². The number of rotatable bonds is 9. The number of carboxylic acids is 1. The van der Waals surface area contributed by atoms with Crippen LogP contribution in [0.25, 0.3) is 11.1 Å². The summed E-state index contributed by atoms with van der Waals surface area (Å²) in [6.07, 6.45) is -0.345. The van der Waals surface area contributed by atoms with Gasteiger partial charge in [-0.15, -0.1) is 0 Å². The molecule has 0 aliphatic heterocycles. The van der Waals surface area contributed by atoms with Crippen LogP contribution in [0.1, 0.15) is 71.4 Å². The molecule has 2 aromatic rings. The molecule has 0 aromatic heterocycles. The molecular weight excluding hydrogens is 444 g/mol. The SMILES string of the molecule is CC(C)(CCC(=O)O)NC(=O)C(C)(C)C(C)(C)NC(=O)OCC1c2ccccc2-c2ccccc21. The van der Waals surface area contributed by atoms with Gasteiger partial charge < -0.3 is 20.5 Å². The van der Waals surface area contributed by atoms with E-state index >= 15 is 0 Å². The fraction of sp³-hybridized carbons (Fsp3) is 0.464. The summed E-state index contributed by atoms with van der Waals surface area (Å²) < 4.78 is 5.67. The van der Waals surface area contributed by atoms with Crippen LogP contribution in [-0.2, 0) is 14.3 Å². The Hall–Kier alpha value is -3.35. The van der Waals surface area contributed by atoms with Gasteiger partial charge >= 0.3 is 12.1 Å². The Kier molecular flexibility index (Phi) is 7.29. The number of carbonyl (C=O) groups is 3. The van der Waals surface area contributed by atoms with Gasteiger partial charge in [-0.05, 0) is 70.2 Å². The maximum Gasteiger partial charge on any atom is 0.407 e. The average Bonchev–Trinajstić information content (AvgIpc) is 3.09. The van der Waals surface area contributed by atoms with Crippen molar-refractivity contribution in [3.63, 3.8) is 0 Å². The molecule has 188 valence electrons. The predicted octanol–water partition coefficient (Wildman–Crippen LogP) is 5.09.